The van der Waals surface area contributed by atoms with Gasteiger partial charge in [0.25, 0.3) is 0 Å². The fourth-order valence-electron chi connectivity index (χ4n) is 2.02. The zero-order chi connectivity index (χ0) is 10.8. The van der Waals surface area contributed by atoms with Gasteiger partial charge in [-0.15, -0.1) is 0 Å². The van der Waals surface area contributed by atoms with Crippen LogP contribution >= 0.6 is 0 Å². The van der Waals surface area contributed by atoms with Crippen molar-refractivity contribution in [3.63, 3.8) is 0 Å². The van der Waals surface area contributed by atoms with Gasteiger partial charge in [-0.3, -0.25) is 0 Å². The van der Waals surface area contributed by atoms with Gasteiger partial charge in [-0.1, -0.05) is 0 Å². The summed E-state index contributed by atoms with van der Waals surface area (Å²) in [5.41, 5.74) is 5.57. The van der Waals surface area contributed by atoms with Gasteiger partial charge < -0.3 is 10.8 Å². The quantitative estimate of drug-likeness (QED) is 0.690. The third kappa shape index (κ3) is 3.55. The number of nitrogens with two attached hydrogens (primary N) is 1. The van der Waals surface area contributed by atoms with Crippen molar-refractivity contribution in [1.82, 2.24) is 0 Å². The zero-order valence-corrected chi connectivity index (χ0v) is 9.39. The van der Waals surface area contributed by atoms with Crippen molar-refractivity contribution in [1.29, 1.82) is 0 Å². The molecule has 1 saturated heterocycles. The van der Waals surface area contributed by atoms with Gasteiger partial charge in [-0.25, -0.2) is 8.42 Å². The predicted octanol–water partition coefficient (Wildman–Crippen LogP) is 0.0535. The van der Waals surface area contributed by atoms with E-state index in [0.717, 1.165) is 0 Å². The lowest BCUT2D eigenvalue weighted by Gasteiger charge is -2.28. The van der Waals surface area contributed by atoms with E-state index in [0.29, 0.717) is 25.7 Å². The number of aliphatic hydroxyl groups is 1. The molecule has 0 aromatic rings. The Morgan fingerprint density at radius 3 is 2.64 bits per heavy atom. The Hall–Kier alpha value is -0.130. The van der Waals surface area contributed by atoms with Crippen molar-refractivity contribution in [3.05, 3.63) is 0 Å². The van der Waals surface area contributed by atoms with E-state index >= 15 is 0 Å². The van der Waals surface area contributed by atoms with E-state index in [2.05, 4.69) is 0 Å². The molecule has 0 aliphatic carbocycles. The number of hydrogen-bond donors (Lipinski definition) is 2. The summed E-state index contributed by atoms with van der Waals surface area (Å²) in [5.74, 6) is 0.405. The van der Waals surface area contributed by atoms with Gasteiger partial charge >= 0.3 is 0 Å². The molecular weight excluding hydrogens is 202 g/mol. The second-order valence-electron chi connectivity index (χ2n) is 4.42. The molecule has 0 aromatic heterocycles. The van der Waals surface area contributed by atoms with E-state index in [-0.39, 0.29) is 11.5 Å². The highest BCUT2D eigenvalue weighted by molar-refractivity contribution is 7.91. The minimum absolute atomic E-state index is 0.163. The fraction of sp³-hybridized carbons (Fsp3) is 1.00. The average Bonchev–Trinajstić information content (AvgIpc) is 2.10. The van der Waals surface area contributed by atoms with Crippen LogP contribution in [0, 0.1) is 0 Å². The fourth-order valence-corrected chi connectivity index (χ4v) is 3.53. The maximum atomic E-state index is 11.3. The first-order valence-electron chi connectivity index (χ1n) is 5.00. The zero-order valence-electron chi connectivity index (χ0n) is 8.57. The molecule has 0 radical (unpaired) electrons. The molecule has 5 heteroatoms. The van der Waals surface area contributed by atoms with Crippen molar-refractivity contribution in [2.75, 3.05) is 11.5 Å². The Morgan fingerprint density at radius 2 is 2.07 bits per heavy atom. The molecule has 3 N–H and O–H groups in total. The normalized spacial score (nSPS) is 34.8. The molecule has 0 amide bonds. The molecule has 4 nitrogen and oxygen atoms in total. The van der Waals surface area contributed by atoms with Crippen LogP contribution in [0.3, 0.4) is 0 Å². The van der Waals surface area contributed by atoms with Crippen molar-refractivity contribution in [3.8, 4) is 0 Å². The molecule has 1 aliphatic heterocycles. The van der Waals surface area contributed by atoms with Gasteiger partial charge in [0, 0.05) is 5.54 Å². The van der Waals surface area contributed by atoms with E-state index in [9.17, 15) is 13.5 Å². The summed E-state index contributed by atoms with van der Waals surface area (Å²) in [6.07, 6.45) is 1.81. The van der Waals surface area contributed by atoms with Crippen LogP contribution < -0.4 is 5.73 Å². The summed E-state index contributed by atoms with van der Waals surface area (Å²) in [4.78, 5) is 0. The molecule has 84 valence electrons. The molecule has 1 rings (SSSR count). The second-order valence-corrected chi connectivity index (χ2v) is 6.72. The molecule has 1 heterocycles. The Balaban J connectivity index is 2.65. The van der Waals surface area contributed by atoms with Crippen LogP contribution in [0.5, 0.6) is 0 Å². The van der Waals surface area contributed by atoms with Crippen LogP contribution in [0.15, 0.2) is 0 Å². The van der Waals surface area contributed by atoms with Gasteiger partial charge in [0.2, 0.25) is 0 Å². The predicted molar refractivity (Wildman–Crippen MR) is 55.7 cm³/mol. The van der Waals surface area contributed by atoms with E-state index in [1.54, 1.807) is 6.92 Å². The maximum absolute atomic E-state index is 11.3. The van der Waals surface area contributed by atoms with Gasteiger partial charge in [-0.05, 0) is 32.6 Å². The molecule has 0 bridgehead atoms. The lowest BCUT2D eigenvalue weighted by Crippen LogP contribution is -2.42. The number of hydrogen-bond acceptors (Lipinski definition) is 4. The summed E-state index contributed by atoms with van der Waals surface area (Å²) in [6.45, 7) is 1.69. The first-order valence-corrected chi connectivity index (χ1v) is 6.83. The molecule has 1 aliphatic rings. The smallest absolute Gasteiger partial charge is 0.150 e. The lowest BCUT2D eigenvalue weighted by molar-refractivity contribution is 0.143. The SMILES string of the molecule is CC(O)CC1(N)CCCS(=O)(=O)CC1. The summed E-state index contributed by atoms with van der Waals surface area (Å²) >= 11 is 0. The summed E-state index contributed by atoms with van der Waals surface area (Å²) in [5, 5.41) is 9.26. The van der Waals surface area contributed by atoms with Crippen LogP contribution in [0.4, 0.5) is 0 Å². The van der Waals surface area contributed by atoms with E-state index < -0.39 is 21.5 Å². The average molecular weight is 221 g/mol. The van der Waals surface area contributed by atoms with Crippen molar-refractivity contribution in [2.45, 2.75) is 44.2 Å². The Labute approximate surface area is 85.4 Å². The molecule has 14 heavy (non-hydrogen) atoms. The maximum Gasteiger partial charge on any atom is 0.150 e. The third-order valence-electron chi connectivity index (χ3n) is 2.74. The summed E-state index contributed by atoms with van der Waals surface area (Å²) < 4.78 is 22.7. The van der Waals surface area contributed by atoms with Gasteiger partial charge in [0.15, 0.2) is 0 Å². The minimum Gasteiger partial charge on any atom is -0.393 e. The first-order chi connectivity index (χ1) is 6.33. The highest BCUT2D eigenvalue weighted by atomic mass is 32.2. The molecule has 0 spiro atoms. The number of sulfone groups is 1. The standard InChI is InChI=1S/C9H19NO3S/c1-8(11)7-9(10)3-2-5-14(12,13)6-4-9/h8,11H,2-7,10H2,1H3. The highest BCUT2D eigenvalue weighted by Gasteiger charge is 2.31. The molecule has 0 saturated carbocycles. The highest BCUT2D eigenvalue weighted by Crippen LogP contribution is 2.25. The van der Waals surface area contributed by atoms with Crippen molar-refractivity contribution < 1.29 is 13.5 Å². The van der Waals surface area contributed by atoms with Crippen molar-refractivity contribution in [2.24, 2.45) is 5.73 Å². The molecule has 2 atom stereocenters. The summed E-state index contributed by atoms with van der Waals surface area (Å²) in [6, 6.07) is 0. The number of rotatable bonds is 2. The van der Waals surface area contributed by atoms with Gasteiger partial charge in [-0.2, -0.15) is 0 Å². The second kappa shape index (κ2) is 4.16. The van der Waals surface area contributed by atoms with Crippen molar-refractivity contribution >= 4 is 9.84 Å². The topological polar surface area (TPSA) is 80.4 Å². The number of aliphatic hydroxyl groups excluding tert-OH is 1. The van der Waals surface area contributed by atoms with E-state index in [1.807, 2.05) is 0 Å². The Kier molecular flexibility index (Phi) is 3.55. The lowest BCUT2D eigenvalue weighted by atomic mass is 9.86. The monoisotopic (exact) mass is 221 g/mol. The first kappa shape index (κ1) is 11.9. The minimum atomic E-state index is -2.89. The third-order valence-corrected chi connectivity index (χ3v) is 4.48. The van der Waals surface area contributed by atoms with Crippen LogP contribution in [-0.2, 0) is 9.84 Å². The molecule has 1 fully saturated rings. The van der Waals surface area contributed by atoms with Crippen LogP contribution in [-0.4, -0.2) is 36.7 Å². The largest absolute Gasteiger partial charge is 0.393 e. The van der Waals surface area contributed by atoms with Gasteiger partial charge in [0.1, 0.15) is 9.84 Å². The van der Waals surface area contributed by atoms with Crippen LogP contribution in [0.25, 0.3) is 0 Å². The van der Waals surface area contributed by atoms with E-state index in [1.165, 1.54) is 0 Å². The molecule has 0 aromatic carbocycles. The van der Waals surface area contributed by atoms with Crippen LogP contribution in [0.2, 0.25) is 0 Å². The molecule has 2 unspecified atom stereocenters. The summed E-state index contributed by atoms with van der Waals surface area (Å²) in [7, 11) is -2.89. The van der Waals surface area contributed by atoms with E-state index in [4.69, 9.17) is 5.73 Å². The van der Waals surface area contributed by atoms with Crippen LogP contribution in [0.1, 0.15) is 32.6 Å². The molecular formula is C9H19NO3S. The van der Waals surface area contributed by atoms with Gasteiger partial charge in [0.05, 0.1) is 17.6 Å². The Bertz CT molecular complexity index is 286. The Morgan fingerprint density at radius 1 is 1.43 bits per heavy atom.